The molecule has 1 aromatic carbocycles. The molecule has 1 saturated heterocycles. The highest BCUT2D eigenvalue weighted by atomic mass is 32.2. The Morgan fingerprint density at radius 2 is 1.88 bits per heavy atom. The van der Waals surface area contributed by atoms with E-state index in [1.807, 2.05) is 12.3 Å². The molecule has 5 heteroatoms. The first-order valence-corrected chi connectivity index (χ1v) is 9.42. The lowest BCUT2D eigenvalue weighted by Gasteiger charge is -2.38. The molecule has 0 atom stereocenters. The molecule has 1 N–H and O–H groups in total. The minimum Gasteiger partial charge on any atom is -0.445 e. The predicted molar refractivity (Wildman–Crippen MR) is 95.7 cm³/mol. The van der Waals surface area contributed by atoms with Gasteiger partial charge in [-0.3, -0.25) is 4.79 Å². The Morgan fingerprint density at radius 1 is 1.17 bits per heavy atom. The molecule has 0 saturated carbocycles. The summed E-state index contributed by atoms with van der Waals surface area (Å²) in [5, 5.41) is 3.81. The van der Waals surface area contributed by atoms with Gasteiger partial charge in [0, 0.05) is 25.2 Å². The fourth-order valence-corrected chi connectivity index (χ4v) is 3.50. The van der Waals surface area contributed by atoms with Gasteiger partial charge in [0.05, 0.1) is 0 Å². The van der Waals surface area contributed by atoms with E-state index in [0.717, 1.165) is 31.1 Å². The average Bonchev–Trinajstić information content (AvgIpc) is 3.10. The summed E-state index contributed by atoms with van der Waals surface area (Å²) >= 11 is 1.49. The molecule has 4 nitrogen and oxygen atoms in total. The highest BCUT2D eigenvalue weighted by Crippen LogP contribution is 2.34. The molecule has 2 aromatic rings. The van der Waals surface area contributed by atoms with Gasteiger partial charge in [0.15, 0.2) is 10.9 Å². The molecule has 1 aromatic heterocycles. The number of amides is 1. The molecule has 1 aliphatic heterocycles. The number of rotatable bonds is 5. The van der Waals surface area contributed by atoms with Crippen LogP contribution in [-0.4, -0.2) is 31.9 Å². The third-order valence-electron chi connectivity index (χ3n) is 4.71. The smallest absolute Gasteiger partial charge is 0.287 e. The lowest BCUT2D eigenvalue weighted by Crippen LogP contribution is -2.44. The van der Waals surface area contributed by atoms with E-state index < -0.39 is 0 Å². The highest BCUT2D eigenvalue weighted by molar-refractivity contribution is 7.98. The third kappa shape index (κ3) is 3.68. The molecular weight excluding hydrogens is 322 g/mol. The van der Waals surface area contributed by atoms with E-state index in [-0.39, 0.29) is 11.3 Å². The molecule has 0 spiro atoms. The van der Waals surface area contributed by atoms with Gasteiger partial charge in [0.1, 0.15) is 0 Å². The van der Waals surface area contributed by atoms with E-state index >= 15 is 0 Å². The highest BCUT2D eigenvalue weighted by Gasteiger charge is 2.35. The lowest BCUT2D eigenvalue weighted by atomic mass is 9.74. The number of benzene rings is 1. The van der Waals surface area contributed by atoms with Crippen molar-refractivity contribution in [3.8, 4) is 0 Å². The van der Waals surface area contributed by atoms with Crippen LogP contribution in [0.1, 0.15) is 34.5 Å². The summed E-state index contributed by atoms with van der Waals surface area (Å²) in [6, 6.07) is 12.2. The number of furan rings is 1. The largest absolute Gasteiger partial charge is 0.445 e. The molecule has 3 rings (SSSR count). The average molecular weight is 345 g/mol. The Balaban J connectivity index is 1.75. The summed E-state index contributed by atoms with van der Waals surface area (Å²) in [6.07, 6.45) is 3.74. The van der Waals surface area contributed by atoms with Crippen LogP contribution in [0.4, 0.5) is 0 Å². The van der Waals surface area contributed by atoms with Gasteiger partial charge in [-0.15, -0.1) is 0 Å². The Morgan fingerprint density at radius 3 is 2.50 bits per heavy atom. The van der Waals surface area contributed by atoms with Gasteiger partial charge in [-0.05, 0) is 43.7 Å². The molecule has 0 bridgehead atoms. The van der Waals surface area contributed by atoms with Crippen molar-refractivity contribution >= 4 is 17.7 Å². The molecule has 0 radical (unpaired) electrons. The maximum Gasteiger partial charge on any atom is 0.287 e. The van der Waals surface area contributed by atoms with E-state index in [0.29, 0.717) is 12.3 Å². The Hall–Kier alpha value is -1.72. The van der Waals surface area contributed by atoms with Crippen molar-refractivity contribution < 1.29 is 13.9 Å². The van der Waals surface area contributed by atoms with Gasteiger partial charge in [0.2, 0.25) is 0 Å². The van der Waals surface area contributed by atoms with E-state index in [4.69, 9.17) is 9.15 Å². The predicted octanol–water partition coefficient (Wildman–Crippen LogP) is 3.79. The molecule has 2 heterocycles. The van der Waals surface area contributed by atoms with Crippen LogP contribution in [0.2, 0.25) is 0 Å². The molecule has 0 aliphatic carbocycles. The van der Waals surface area contributed by atoms with Crippen LogP contribution in [0.15, 0.2) is 45.9 Å². The second-order valence-corrected chi connectivity index (χ2v) is 7.07. The summed E-state index contributed by atoms with van der Waals surface area (Å²) in [6.45, 7) is 4.12. The van der Waals surface area contributed by atoms with Gasteiger partial charge in [-0.1, -0.05) is 41.6 Å². The third-order valence-corrected chi connectivity index (χ3v) is 5.33. The van der Waals surface area contributed by atoms with Gasteiger partial charge in [-0.25, -0.2) is 0 Å². The first kappa shape index (κ1) is 17.1. The van der Waals surface area contributed by atoms with Crippen molar-refractivity contribution in [2.45, 2.75) is 30.3 Å². The quantitative estimate of drug-likeness (QED) is 0.838. The van der Waals surface area contributed by atoms with Crippen molar-refractivity contribution in [3.63, 3.8) is 0 Å². The zero-order valence-electron chi connectivity index (χ0n) is 14.1. The van der Waals surface area contributed by atoms with Crippen LogP contribution in [0.3, 0.4) is 0 Å². The molecule has 0 unspecified atom stereocenters. The zero-order chi connectivity index (χ0) is 17.0. The summed E-state index contributed by atoms with van der Waals surface area (Å²) in [7, 11) is 0. The Kier molecular flexibility index (Phi) is 5.31. The zero-order valence-corrected chi connectivity index (χ0v) is 14.9. The number of carbonyl (C=O) groups is 1. The first-order chi connectivity index (χ1) is 11.6. The van der Waals surface area contributed by atoms with Crippen LogP contribution < -0.4 is 5.32 Å². The summed E-state index contributed by atoms with van der Waals surface area (Å²) in [4.78, 5) is 12.4. The Bertz CT molecular complexity index is 687. The van der Waals surface area contributed by atoms with E-state index in [2.05, 4.69) is 36.5 Å². The first-order valence-electron chi connectivity index (χ1n) is 8.20. The fourth-order valence-electron chi connectivity index (χ4n) is 3.13. The fraction of sp³-hybridized carbons (Fsp3) is 0.421. The van der Waals surface area contributed by atoms with Gasteiger partial charge in [0.25, 0.3) is 5.91 Å². The number of thioether (sulfide) groups is 1. The second kappa shape index (κ2) is 7.45. The van der Waals surface area contributed by atoms with Crippen LogP contribution in [0.25, 0.3) is 0 Å². The molecule has 24 heavy (non-hydrogen) atoms. The van der Waals surface area contributed by atoms with Crippen LogP contribution in [0.5, 0.6) is 0 Å². The number of hydrogen-bond donors (Lipinski definition) is 1. The number of carbonyl (C=O) groups excluding carboxylic acids is 1. The van der Waals surface area contributed by atoms with Gasteiger partial charge >= 0.3 is 0 Å². The van der Waals surface area contributed by atoms with Crippen LogP contribution in [0, 0.1) is 6.92 Å². The maximum atomic E-state index is 12.4. The van der Waals surface area contributed by atoms with E-state index in [1.165, 1.54) is 22.9 Å². The summed E-state index contributed by atoms with van der Waals surface area (Å²) in [5.74, 6) is 0.207. The van der Waals surface area contributed by atoms with Crippen molar-refractivity contribution in [3.05, 3.63) is 53.3 Å². The number of nitrogens with one attached hydrogen (secondary N) is 1. The van der Waals surface area contributed by atoms with Gasteiger partial charge < -0.3 is 14.5 Å². The van der Waals surface area contributed by atoms with Crippen molar-refractivity contribution in [1.82, 2.24) is 5.32 Å². The lowest BCUT2D eigenvalue weighted by molar-refractivity contribution is 0.0484. The molecule has 1 amide bonds. The summed E-state index contributed by atoms with van der Waals surface area (Å²) in [5.41, 5.74) is 2.43. The van der Waals surface area contributed by atoms with Crippen molar-refractivity contribution in [2.75, 3.05) is 26.0 Å². The maximum absolute atomic E-state index is 12.4. The van der Waals surface area contributed by atoms with Crippen LogP contribution >= 0.6 is 11.8 Å². The van der Waals surface area contributed by atoms with E-state index in [1.54, 1.807) is 6.07 Å². The minimum absolute atomic E-state index is 0.0729. The SMILES string of the molecule is CSc1ccc(C(=O)NCC2(c3ccc(C)cc3)CCOCC2)o1. The number of ether oxygens (including phenoxy) is 1. The monoisotopic (exact) mass is 345 g/mol. The van der Waals surface area contributed by atoms with Gasteiger partial charge in [-0.2, -0.15) is 0 Å². The minimum atomic E-state index is -0.159. The molecule has 1 aliphatic rings. The Labute approximate surface area is 147 Å². The topological polar surface area (TPSA) is 51.5 Å². The standard InChI is InChI=1S/C19H23NO3S/c1-14-3-5-15(6-4-14)19(9-11-22-12-10-19)13-20-18(21)16-7-8-17(23-16)24-2/h3-8H,9-13H2,1-2H3,(H,20,21). The molecular formula is C19H23NO3S. The molecule has 128 valence electrons. The summed E-state index contributed by atoms with van der Waals surface area (Å²) < 4.78 is 11.1. The number of hydrogen-bond acceptors (Lipinski definition) is 4. The normalized spacial score (nSPS) is 16.8. The van der Waals surface area contributed by atoms with Crippen molar-refractivity contribution in [1.29, 1.82) is 0 Å². The van der Waals surface area contributed by atoms with E-state index in [9.17, 15) is 4.79 Å². The van der Waals surface area contributed by atoms with Crippen molar-refractivity contribution in [2.24, 2.45) is 0 Å². The molecule has 1 fully saturated rings. The second-order valence-electron chi connectivity index (χ2n) is 6.26. The van der Waals surface area contributed by atoms with Crippen LogP contribution in [-0.2, 0) is 10.2 Å². The number of aryl methyl sites for hydroxylation is 1.